The van der Waals surface area contributed by atoms with Gasteiger partial charge in [-0.2, -0.15) is 0 Å². The van der Waals surface area contributed by atoms with Gasteiger partial charge in [-0.3, -0.25) is 14.4 Å². The minimum atomic E-state index is -0.936. The highest BCUT2D eigenvalue weighted by molar-refractivity contribution is 6.08. The number of unbranched alkanes of at least 4 members (excludes halogenated alkanes) is 1. The lowest BCUT2D eigenvalue weighted by molar-refractivity contribution is -0.153. The second kappa shape index (κ2) is 4.64. The van der Waals surface area contributed by atoms with Crippen LogP contribution >= 0.6 is 0 Å². The highest BCUT2D eigenvalue weighted by Crippen LogP contribution is 2.19. The fourth-order valence-corrected chi connectivity index (χ4v) is 1.25. The van der Waals surface area contributed by atoms with E-state index in [0.29, 0.717) is 19.1 Å². The Hall–Kier alpha value is -1.52. The average molecular weight is 198 g/mol. The molecule has 0 aromatic heterocycles. The van der Waals surface area contributed by atoms with Gasteiger partial charge in [0.1, 0.15) is 18.0 Å². The minimum absolute atomic E-state index is 0.145. The summed E-state index contributed by atoms with van der Waals surface area (Å²) in [6.45, 7) is 0. The molecule has 1 heterocycles. The maximum atomic E-state index is 11.3. The van der Waals surface area contributed by atoms with Crippen molar-refractivity contribution in [3.05, 3.63) is 0 Å². The van der Waals surface area contributed by atoms with E-state index in [9.17, 15) is 19.2 Å². The highest BCUT2D eigenvalue weighted by Gasteiger charge is 2.38. The normalized spacial score (nSPS) is 20.7. The molecule has 1 aliphatic rings. The number of Topliss-reactive ketones (excluding diaryl/α,β-unsaturated/α-hetero) is 1. The number of hydrogen-bond acceptors (Lipinski definition) is 5. The van der Waals surface area contributed by atoms with Crippen molar-refractivity contribution in [2.45, 2.75) is 25.7 Å². The molecular weight excluding hydrogens is 188 g/mol. The molecule has 1 rings (SSSR count). The van der Waals surface area contributed by atoms with E-state index in [1.165, 1.54) is 0 Å². The Morgan fingerprint density at radius 1 is 1.50 bits per heavy atom. The third-order valence-electron chi connectivity index (χ3n) is 2.00. The van der Waals surface area contributed by atoms with Gasteiger partial charge in [0.2, 0.25) is 0 Å². The van der Waals surface area contributed by atoms with Crippen molar-refractivity contribution in [3.8, 4) is 0 Å². The second-order valence-corrected chi connectivity index (χ2v) is 3.08. The summed E-state index contributed by atoms with van der Waals surface area (Å²) in [4.78, 5) is 42.8. The number of ether oxygens (including phenoxy) is 1. The smallest absolute Gasteiger partial charge is 0.324 e. The molecule has 0 radical (unpaired) electrons. The number of aldehydes is 1. The lowest BCUT2D eigenvalue weighted by atomic mass is 9.98. The van der Waals surface area contributed by atoms with Crippen molar-refractivity contribution in [1.29, 1.82) is 0 Å². The molecule has 1 fully saturated rings. The van der Waals surface area contributed by atoms with Crippen molar-refractivity contribution in [3.63, 3.8) is 0 Å². The van der Waals surface area contributed by atoms with E-state index in [1.807, 2.05) is 0 Å². The van der Waals surface area contributed by atoms with Crippen molar-refractivity contribution < 1.29 is 23.9 Å². The lowest BCUT2D eigenvalue weighted by Crippen LogP contribution is -2.18. The van der Waals surface area contributed by atoms with E-state index < -0.39 is 17.9 Å². The maximum absolute atomic E-state index is 11.3. The Balaban J connectivity index is 2.41. The van der Waals surface area contributed by atoms with E-state index in [4.69, 9.17) is 0 Å². The summed E-state index contributed by atoms with van der Waals surface area (Å²) < 4.78 is 4.23. The van der Waals surface area contributed by atoms with E-state index in [1.54, 1.807) is 0 Å². The summed E-state index contributed by atoms with van der Waals surface area (Å²) >= 11 is 0. The first kappa shape index (κ1) is 10.6. The first-order chi connectivity index (χ1) is 6.65. The van der Waals surface area contributed by atoms with Crippen LogP contribution in [-0.2, 0) is 23.9 Å². The first-order valence-electron chi connectivity index (χ1n) is 4.36. The molecule has 0 aromatic carbocycles. The van der Waals surface area contributed by atoms with Crippen molar-refractivity contribution in [1.82, 2.24) is 0 Å². The van der Waals surface area contributed by atoms with Crippen LogP contribution in [0, 0.1) is 5.92 Å². The summed E-state index contributed by atoms with van der Waals surface area (Å²) in [6.07, 6.45) is 1.41. The van der Waals surface area contributed by atoms with E-state index >= 15 is 0 Å². The van der Waals surface area contributed by atoms with Crippen LogP contribution in [-0.4, -0.2) is 24.0 Å². The zero-order valence-corrected chi connectivity index (χ0v) is 7.52. The van der Waals surface area contributed by atoms with Crippen LogP contribution < -0.4 is 0 Å². The molecule has 1 aliphatic heterocycles. The fraction of sp³-hybridized carbons (Fsp3) is 0.556. The largest absolute Gasteiger partial charge is 0.393 e. The van der Waals surface area contributed by atoms with Crippen molar-refractivity contribution in [2.24, 2.45) is 5.92 Å². The molecule has 76 valence electrons. The fourth-order valence-electron chi connectivity index (χ4n) is 1.25. The SMILES string of the molecule is O=CCCCC(=O)C1CC(=O)OC1=O. The molecule has 1 saturated heterocycles. The van der Waals surface area contributed by atoms with Gasteiger partial charge in [-0.25, -0.2) is 0 Å². The monoisotopic (exact) mass is 198 g/mol. The Bertz CT molecular complexity index is 281. The van der Waals surface area contributed by atoms with Crippen LogP contribution in [0.25, 0.3) is 0 Å². The number of ketones is 1. The molecule has 5 heteroatoms. The molecule has 0 bridgehead atoms. The summed E-state index contributed by atoms with van der Waals surface area (Å²) in [6, 6.07) is 0. The Kier molecular flexibility index (Phi) is 3.50. The van der Waals surface area contributed by atoms with Gasteiger partial charge in [-0.05, 0) is 6.42 Å². The molecule has 0 spiro atoms. The van der Waals surface area contributed by atoms with Gasteiger partial charge in [0, 0.05) is 12.8 Å². The number of cyclic esters (lactones) is 2. The quantitative estimate of drug-likeness (QED) is 0.269. The predicted octanol–water partition coefficient (Wildman–Crippen LogP) is 0.0144. The molecule has 0 saturated carbocycles. The van der Waals surface area contributed by atoms with E-state index in [2.05, 4.69) is 4.74 Å². The molecule has 0 N–H and O–H groups in total. The van der Waals surface area contributed by atoms with Gasteiger partial charge in [0.15, 0.2) is 0 Å². The first-order valence-corrected chi connectivity index (χ1v) is 4.36. The number of carbonyl (C=O) groups excluding carboxylic acids is 4. The van der Waals surface area contributed by atoms with E-state index in [0.717, 1.165) is 0 Å². The van der Waals surface area contributed by atoms with Crippen LogP contribution in [0.1, 0.15) is 25.7 Å². The van der Waals surface area contributed by atoms with Gasteiger partial charge >= 0.3 is 11.9 Å². The predicted molar refractivity (Wildman–Crippen MR) is 44.1 cm³/mol. The Morgan fingerprint density at radius 2 is 2.21 bits per heavy atom. The highest BCUT2D eigenvalue weighted by atomic mass is 16.6. The topological polar surface area (TPSA) is 77.5 Å². The molecular formula is C9H10O5. The lowest BCUT2D eigenvalue weighted by Gasteiger charge is -2.01. The molecule has 0 amide bonds. The number of carbonyl (C=O) groups is 4. The average Bonchev–Trinajstić information content (AvgIpc) is 2.45. The van der Waals surface area contributed by atoms with Gasteiger partial charge in [-0.1, -0.05) is 0 Å². The zero-order valence-electron chi connectivity index (χ0n) is 7.52. The standard InChI is InChI=1S/C9H10O5/c10-4-2-1-3-7(11)6-5-8(12)14-9(6)13/h4,6H,1-3,5H2. The summed E-state index contributed by atoms with van der Waals surface area (Å²) in [5.74, 6) is -2.66. The second-order valence-electron chi connectivity index (χ2n) is 3.08. The van der Waals surface area contributed by atoms with Crippen molar-refractivity contribution in [2.75, 3.05) is 0 Å². The summed E-state index contributed by atoms with van der Waals surface area (Å²) in [5.41, 5.74) is 0. The third-order valence-corrected chi connectivity index (χ3v) is 2.00. The molecule has 5 nitrogen and oxygen atoms in total. The third kappa shape index (κ3) is 2.48. The van der Waals surface area contributed by atoms with Crippen LogP contribution in [0.15, 0.2) is 0 Å². The molecule has 0 aromatic rings. The van der Waals surface area contributed by atoms with Gasteiger partial charge in [-0.15, -0.1) is 0 Å². The Morgan fingerprint density at radius 3 is 2.71 bits per heavy atom. The van der Waals surface area contributed by atoms with E-state index in [-0.39, 0.29) is 18.6 Å². The number of esters is 2. The summed E-state index contributed by atoms with van der Waals surface area (Å²) in [5, 5.41) is 0. The van der Waals surface area contributed by atoms with Gasteiger partial charge < -0.3 is 9.53 Å². The molecule has 1 unspecified atom stereocenters. The van der Waals surface area contributed by atoms with Crippen LogP contribution in [0.4, 0.5) is 0 Å². The minimum Gasteiger partial charge on any atom is -0.393 e. The van der Waals surface area contributed by atoms with Gasteiger partial charge in [0.05, 0.1) is 6.42 Å². The zero-order chi connectivity index (χ0) is 10.6. The van der Waals surface area contributed by atoms with Gasteiger partial charge in [0.25, 0.3) is 0 Å². The van der Waals surface area contributed by atoms with Crippen LogP contribution in [0.3, 0.4) is 0 Å². The number of rotatable bonds is 5. The maximum Gasteiger partial charge on any atom is 0.324 e. The Labute approximate surface area is 80.4 Å². The summed E-state index contributed by atoms with van der Waals surface area (Å²) in [7, 11) is 0. The van der Waals surface area contributed by atoms with Crippen molar-refractivity contribution >= 4 is 24.0 Å². The number of hydrogen-bond donors (Lipinski definition) is 0. The molecule has 1 atom stereocenters. The van der Waals surface area contributed by atoms with Crippen LogP contribution in [0.5, 0.6) is 0 Å². The molecule has 0 aliphatic carbocycles. The van der Waals surface area contributed by atoms with Crippen LogP contribution in [0.2, 0.25) is 0 Å². The molecule has 14 heavy (non-hydrogen) atoms.